The van der Waals surface area contributed by atoms with Crippen LogP contribution < -0.4 is 14.4 Å². The number of ether oxygens (including phenoxy) is 1. The van der Waals surface area contributed by atoms with Gasteiger partial charge in [0, 0.05) is 6.07 Å². The monoisotopic (exact) mass is 402 g/mol. The molecule has 1 amide bonds. The summed E-state index contributed by atoms with van der Waals surface area (Å²) in [7, 11) is -2.21. The van der Waals surface area contributed by atoms with Gasteiger partial charge in [-0.1, -0.05) is 29.2 Å². The molecule has 1 aromatic carbocycles. The standard InChI is InChI=1S/C14H18N4O4S3/c1-9(12(19)15-13-16-17-14(23-3)24-13)18(25(4,20)21)10-6-5-7-11(8-10)22-2/h5-9H,1-4H3,(H,15,16,19). The summed E-state index contributed by atoms with van der Waals surface area (Å²) in [5, 5.41) is 10.7. The molecule has 0 bridgehead atoms. The van der Waals surface area contributed by atoms with E-state index in [1.165, 1.54) is 37.1 Å². The summed E-state index contributed by atoms with van der Waals surface area (Å²) in [4.78, 5) is 12.5. The van der Waals surface area contributed by atoms with Crippen LogP contribution >= 0.6 is 23.1 Å². The number of carbonyl (C=O) groups is 1. The Labute approximate surface area is 154 Å². The van der Waals surface area contributed by atoms with Gasteiger partial charge in [-0.15, -0.1) is 10.2 Å². The van der Waals surface area contributed by atoms with Crippen LogP contribution in [0.3, 0.4) is 0 Å². The van der Waals surface area contributed by atoms with Gasteiger partial charge in [-0.2, -0.15) is 0 Å². The Morgan fingerprint density at radius 1 is 1.40 bits per heavy atom. The second-order valence-electron chi connectivity index (χ2n) is 5.00. The van der Waals surface area contributed by atoms with Gasteiger partial charge in [0.2, 0.25) is 21.1 Å². The molecule has 0 saturated heterocycles. The zero-order valence-electron chi connectivity index (χ0n) is 14.1. The summed E-state index contributed by atoms with van der Waals surface area (Å²) in [6.45, 7) is 1.51. The molecule has 1 aromatic heterocycles. The molecular weight excluding hydrogens is 384 g/mol. The van der Waals surface area contributed by atoms with Crippen molar-refractivity contribution < 1.29 is 17.9 Å². The van der Waals surface area contributed by atoms with Gasteiger partial charge < -0.3 is 4.74 Å². The highest BCUT2D eigenvalue weighted by Crippen LogP contribution is 2.27. The third kappa shape index (κ3) is 4.83. The maximum atomic E-state index is 12.5. The maximum Gasteiger partial charge on any atom is 0.249 e. The summed E-state index contributed by atoms with van der Waals surface area (Å²) in [6, 6.07) is 5.53. The number of sulfonamides is 1. The third-order valence-corrected chi connectivity index (χ3v) is 6.26. The lowest BCUT2D eigenvalue weighted by Gasteiger charge is -2.28. The van der Waals surface area contributed by atoms with Crippen molar-refractivity contribution in [3.8, 4) is 5.75 Å². The van der Waals surface area contributed by atoms with Gasteiger partial charge in [0.05, 0.1) is 19.1 Å². The zero-order valence-corrected chi connectivity index (χ0v) is 16.5. The van der Waals surface area contributed by atoms with Crippen molar-refractivity contribution in [3.05, 3.63) is 24.3 Å². The molecule has 1 unspecified atom stereocenters. The van der Waals surface area contributed by atoms with Crippen molar-refractivity contribution in [1.29, 1.82) is 0 Å². The fraction of sp³-hybridized carbons (Fsp3) is 0.357. The van der Waals surface area contributed by atoms with Gasteiger partial charge >= 0.3 is 0 Å². The first-order chi connectivity index (χ1) is 11.8. The van der Waals surface area contributed by atoms with Gasteiger partial charge in [-0.05, 0) is 25.3 Å². The van der Waals surface area contributed by atoms with E-state index >= 15 is 0 Å². The molecule has 25 heavy (non-hydrogen) atoms. The Balaban J connectivity index is 2.29. The Bertz CT molecular complexity index is 853. The molecule has 1 N–H and O–H groups in total. The van der Waals surface area contributed by atoms with Crippen molar-refractivity contribution in [2.45, 2.75) is 17.3 Å². The fourth-order valence-electron chi connectivity index (χ4n) is 2.11. The lowest BCUT2D eigenvalue weighted by Crippen LogP contribution is -2.45. The lowest BCUT2D eigenvalue weighted by molar-refractivity contribution is -0.116. The molecule has 1 heterocycles. The van der Waals surface area contributed by atoms with Gasteiger partial charge in [0.1, 0.15) is 11.8 Å². The molecule has 11 heteroatoms. The normalized spacial score (nSPS) is 12.5. The predicted octanol–water partition coefficient (Wildman–Crippen LogP) is 2.06. The van der Waals surface area contributed by atoms with Crippen LogP contribution in [0.2, 0.25) is 0 Å². The Kier molecular flexibility index (Phi) is 6.25. The summed E-state index contributed by atoms with van der Waals surface area (Å²) in [6.07, 6.45) is 2.90. The molecule has 0 aliphatic rings. The van der Waals surface area contributed by atoms with Crippen LogP contribution in [-0.4, -0.2) is 50.2 Å². The topological polar surface area (TPSA) is 101 Å². The molecule has 0 fully saturated rings. The highest BCUT2D eigenvalue weighted by atomic mass is 32.2. The largest absolute Gasteiger partial charge is 0.497 e. The van der Waals surface area contributed by atoms with Crippen LogP contribution in [-0.2, 0) is 14.8 Å². The number of carbonyl (C=O) groups excluding carboxylic acids is 1. The van der Waals surface area contributed by atoms with E-state index in [1.54, 1.807) is 24.3 Å². The van der Waals surface area contributed by atoms with Crippen LogP contribution in [0.25, 0.3) is 0 Å². The molecular formula is C14H18N4O4S3. The number of nitrogens with one attached hydrogen (secondary N) is 1. The van der Waals surface area contributed by atoms with Gasteiger partial charge in [-0.25, -0.2) is 8.42 Å². The number of nitrogens with zero attached hydrogens (tertiary/aromatic N) is 3. The average Bonchev–Trinajstić information content (AvgIpc) is 3.01. The molecule has 0 saturated carbocycles. The van der Waals surface area contributed by atoms with E-state index in [2.05, 4.69) is 15.5 Å². The fourth-order valence-corrected chi connectivity index (χ4v) is 4.45. The number of aromatic nitrogens is 2. The van der Waals surface area contributed by atoms with Crippen LogP contribution in [0.4, 0.5) is 10.8 Å². The van der Waals surface area contributed by atoms with Crippen LogP contribution in [0, 0.1) is 0 Å². The Morgan fingerprint density at radius 3 is 2.68 bits per heavy atom. The van der Waals surface area contributed by atoms with Crippen molar-refractivity contribution >= 4 is 49.8 Å². The molecule has 0 aliphatic carbocycles. The van der Waals surface area contributed by atoms with E-state index in [9.17, 15) is 13.2 Å². The Morgan fingerprint density at radius 2 is 2.12 bits per heavy atom. The number of amides is 1. The quantitative estimate of drug-likeness (QED) is 0.559. The molecule has 0 spiro atoms. The van der Waals surface area contributed by atoms with E-state index in [0.29, 0.717) is 20.9 Å². The van der Waals surface area contributed by atoms with Gasteiger partial charge in [0.25, 0.3) is 0 Å². The second kappa shape index (κ2) is 8.02. The smallest absolute Gasteiger partial charge is 0.249 e. The molecule has 8 nitrogen and oxygen atoms in total. The van der Waals surface area contributed by atoms with E-state index in [1.807, 2.05) is 6.26 Å². The minimum absolute atomic E-state index is 0.320. The van der Waals surface area contributed by atoms with E-state index in [-0.39, 0.29) is 0 Å². The van der Waals surface area contributed by atoms with Crippen molar-refractivity contribution in [2.24, 2.45) is 0 Å². The van der Waals surface area contributed by atoms with Crippen molar-refractivity contribution in [3.63, 3.8) is 0 Å². The first-order valence-electron chi connectivity index (χ1n) is 7.08. The number of benzene rings is 1. The summed E-state index contributed by atoms with van der Waals surface area (Å²) in [5.41, 5.74) is 0.339. The van der Waals surface area contributed by atoms with Gasteiger partial charge in [-0.3, -0.25) is 14.4 Å². The maximum absolute atomic E-state index is 12.5. The van der Waals surface area contributed by atoms with Crippen molar-refractivity contribution in [1.82, 2.24) is 10.2 Å². The highest BCUT2D eigenvalue weighted by molar-refractivity contribution is 8.00. The lowest BCUT2D eigenvalue weighted by atomic mass is 10.2. The Hall–Kier alpha value is -1.85. The van der Waals surface area contributed by atoms with Crippen LogP contribution in [0.1, 0.15) is 6.92 Å². The molecule has 2 rings (SSSR count). The number of hydrogen-bond acceptors (Lipinski definition) is 8. The van der Waals surface area contributed by atoms with E-state index in [4.69, 9.17) is 4.74 Å². The molecule has 2 aromatic rings. The average molecular weight is 403 g/mol. The predicted molar refractivity (Wildman–Crippen MR) is 100 cm³/mol. The van der Waals surface area contributed by atoms with Crippen LogP contribution in [0.15, 0.2) is 28.6 Å². The number of anilines is 2. The molecule has 136 valence electrons. The first-order valence-corrected chi connectivity index (χ1v) is 11.0. The van der Waals surface area contributed by atoms with E-state index in [0.717, 1.165) is 10.6 Å². The molecule has 0 aliphatic heterocycles. The number of thioether (sulfide) groups is 1. The molecule has 0 radical (unpaired) electrons. The van der Waals surface area contributed by atoms with Crippen LogP contribution in [0.5, 0.6) is 5.75 Å². The zero-order chi connectivity index (χ0) is 18.6. The number of methoxy groups -OCH3 is 1. The highest BCUT2D eigenvalue weighted by Gasteiger charge is 2.30. The first kappa shape index (κ1) is 19.5. The van der Waals surface area contributed by atoms with Crippen molar-refractivity contribution in [2.75, 3.05) is 29.2 Å². The third-order valence-electron chi connectivity index (χ3n) is 3.21. The summed E-state index contributed by atoms with van der Waals surface area (Å²) >= 11 is 2.63. The van der Waals surface area contributed by atoms with Gasteiger partial charge in [0.15, 0.2) is 4.34 Å². The minimum atomic E-state index is -3.70. The summed E-state index contributed by atoms with van der Waals surface area (Å²) < 4.78 is 31.4. The number of rotatable bonds is 7. The SMILES string of the molecule is COc1cccc(N(C(C)C(=O)Nc2nnc(SC)s2)S(C)(=O)=O)c1. The second-order valence-corrected chi connectivity index (χ2v) is 8.89. The molecule has 1 atom stereocenters. The minimum Gasteiger partial charge on any atom is -0.497 e. The number of hydrogen-bond donors (Lipinski definition) is 1. The van der Waals surface area contributed by atoms with E-state index < -0.39 is 22.0 Å². The summed E-state index contributed by atoms with van der Waals surface area (Å²) in [5.74, 6) is -0.00968.